The first-order chi connectivity index (χ1) is 26.1. The van der Waals surface area contributed by atoms with Crippen LogP contribution in [0.5, 0.6) is 28.7 Å². The van der Waals surface area contributed by atoms with Crippen LogP contribution in [0.4, 0.5) is 0 Å². The van der Waals surface area contributed by atoms with Crippen LogP contribution in [0.25, 0.3) is 22.3 Å². The Morgan fingerprint density at radius 2 is 1.02 bits per heavy atom. The Bertz CT molecular complexity index is 1870. The van der Waals surface area contributed by atoms with Crippen molar-refractivity contribution in [1.29, 1.82) is 0 Å². The van der Waals surface area contributed by atoms with Crippen molar-refractivity contribution in [2.45, 2.75) is 92.1 Å². The van der Waals surface area contributed by atoms with Crippen molar-refractivity contribution in [3.63, 3.8) is 0 Å². The highest BCUT2D eigenvalue weighted by molar-refractivity contribution is 5.88. The molecule has 3 aliphatic rings. The van der Waals surface area contributed by atoms with E-state index >= 15 is 0 Å². The summed E-state index contributed by atoms with van der Waals surface area (Å²) in [7, 11) is 0. The van der Waals surface area contributed by atoms with Gasteiger partial charge >= 0.3 is 0 Å². The molecule has 15 atom stereocenters. The van der Waals surface area contributed by atoms with Crippen molar-refractivity contribution in [2.75, 3.05) is 19.8 Å². The normalized spacial score (nSPS) is 36.8. The third-order valence-electron chi connectivity index (χ3n) is 9.40. The van der Waals surface area contributed by atoms with Crippen LogP contribution in [0.15, 0.2) is 39.5 Å². The summed E-state index contributed by atoms with van der Waals surface area (Å²) in [5, 5.41) is 143. The molecule has 3 saturated heterocycles. The molecule has 4 heterocycles. The third-order valence-corrected chi connectivity index (χ3v) is 9.40. The van der Waals surface area contributed by atoms with Crippen molar-refractivity contribution in [2.24, 2.45) is 0 Å². The number of phenolic OH excluding ortho intramolecular Hbond substituents is 2. The van der Waals surface area contributed by atoms with Crippen LogP contribution in [0, 0.1) is 0 Å². The van der Waals surface area contributed by atoms with Gasteiger partial charge in [-0.05, 0) is 18.2 Å². The standard InChI is InChI=1S/C33H40O22/c34-6-15-19(39)23(43)26(46)31(52-15)49-10-4-12(38)18-14(5-10)50-29(30(22(18)42)55-33-28(48)25(45)21(41)17(8-36)54-33)9-1-2-13(11(37)3-9)51-32-27(47)24(44)20(40)16(7-35)53-32/h1-5,15-17,19-21,23-28,31-41,43-48H,6-8H2/t15-,16-,17-,19-,20-,21-,23+,24+,25+,26-,27-,28-,31-,32-,33+/m1/s1. The van der Waals surface area contributed by atoms with E-state index in [0.717, 1.165) is 24.3 Å². The maximum Gasteiger partial charge on any atom is 0.239 e. The van der Waals surface area contributed by atoms with Gasteiger partial charge in [-0.1, -0.05) is 0 Å². The van der Waals surface area contributed by atoms with Crippen LogP contribution < -0.4 is 19.6 Å². The number of aliphatic hydroxyl groups is 12. The van der Waals surface area contributed by atoms with E-state index in [1.54, 1.807) is 0 Å². The first-order valence-corrected chi connectivity index (χ1v) is 16.7. The highest BCUT2D eigenvalue weighted by atomic mass is 16.7. The molecule has 0 aliphatic carbocycles. The van der Waals surface area contributed by atoms with Gasteiger partial charge in [0.25, 0.3) is 0 Å². The van der Waals surface area contributed by atoms with E-state index in [1.165, 1.54) is 6.07 Å². The lowest BCUT2D eigenvalue weighted by molar-refractivity contribution is -0.277. The number of hydrogen-bond donors (Lipinski definition) is 14. The lowest BCUT2D eigenvalue weighted by Crippen LogP contribution is -2.60. The Morgan fingerprint density at radius 1 is 0.545 bits per heavy atom. The molecular formula is C33H40O22. The van der Waals surface area contributed by atoms with E-state index in [-0.39, 0.29) is 17.1 Å². The fraction of sp³-hybridized carbons (Fsp3) is 0.545. The van der Waals surface area contributed by atoms with Crippen molar-refractivity contribution < 1.29 is 104 Å². The fourth-order valence-electron chi connectivity index (χ4n) is 6.25. The smallest absolute Gasteiger partial charge is 0.239 e. The second-order valence-electron chi connectivity index (χ2n) is 13.0. The van der Waals surface area contributed by atoms with Crippen LogP contribution in [-0.4, -0.2) is 183 Å². The number of hydrogen-bond acceptors (Lipinski definition) is 22. The maximum atomic E-state index is 14.1. The van der Waals surface area contributed by atoms with Gasteiger partial charge in [-0.15, -0.1) is 0 Å². The second kappa shape index (κ2) is 16.3. The van der Waals surface area contributed by atoms with Crippen LogP contribution in [0.2, 0.25) is 0 Å². The summed E-state index contributed by atoms with van der Waals surface area (Å²) in [4.78, 5) is 14.1. The van der Waals surface area contributed by atoms with Gasteiger partial charge < -0.3 is 104 Å². The van der Waals surface area contributed by atoms with E-state index in [9.17, 15) is 76.3 Å². The van der Waals surface area contributed by atoms with Gasteiger partial charge in [-0.3, -0.25) is 4.79 Å². The molecular weight excluding hydrogens is 748 g/mol. The minimum absolute atomic E-state index is 0.183. The second-order valence-corrected chi connectivity index (χ2v) is 13.0. The lowest BCUT2D eigenvalue weighted by Gasteiger charge is -2.39. The number of fused-ring (bicyclic) bond motifs is 1. The Morgan fingerprint density at radius 3 is 1.49 bits per heavy atom. The quantitative estimate of drug-likeness (QED) is 0.0910. The molecule has 3 fully saturated rings. The molecule has 0 amide bonds. The zero-order chi connectivity index (χ0) is 40.0. The van der Waals surface area contributed by atoms with Crippen molar-refractivity contribution in [3.8, 4) is 40.1 Å². The lowest BCUT2D eigenvalue weighted by atomic mass is 9.99. The molecule has 0 unspecified atom stereocenters. The Hall–Kier alpha value is -3.95. The summed E-state index contributed by atoms with van der Waals surface area (Å²) >= 11 is 0. The van der Waals surface area contributed by atoms with Gasteiger partial charge in [-0.2, -0.15) is 0 Å². The van der Waals surface area contributed by atoms with Crippen LogP contribution >= 0.6 is 0 Å². The Balaban J connectivity index is 1.41. The van der Waals surface area contributed by atoms with Crippen molar-refractivity contribution >= 4 is 11.0 Å². The molecule has 22 heteroatoms. The highest BCUT2D eigenvalue weighted by Crippen LogP contribution is 2.41. The Labute approximate surface area is 307 Å². The van der Waals surface area contributed by atoms with Crippen LogP contribution in [0.1, 0.15) is 0 Å². The predicted octanol–water partition coefficient (Wildman–Crippen LogP) is -5.59. The molecule has 0 saturated carbocycles. The van der Waals surface area contributed by atoms with Crippen molar-refractivity contribution in [1.82, 2.24) is 0 Å². The van der Waals surface area contributed by atoms with Crippen LogP contribution in [-0.2, 0) is 14.2 Å². The monoisotopic (exact) mass is 788 g/mol. The molecule has 304 valence electrons. The summed E-state index contributed by atoms with van der Waals surface area (Å²) in [6, 6.07) is 5.14. The zero-order valence-corrected chi connectivity index (χ0v) is 28.2. The van der Waals surface area contributed by atoms with Gasteiger partial charge in [0.15, 0.2) is 17.3 Å². The number of ether oxygens (including phenoxy) is 6. The van der Waals surface area contributed by atoms with Crippen molar-refractivity contribution in [3.05, 3.63) is 40.6 Å². The zero-order valence-electron chi connectivity index (χ0n) is 28.2. The molecule has 6 rings (SSSR count). The minimum atomic E-state index is -2.02. The minimum Gasteiger partial charge on any atom is -0.507 e. The first kappa shape index (κ1) is 40.7. The molecule has 3 aromatic rings. The van der Waals surface area contributed by atoms with Gasteiger partial charge in [0.1, 0.15) is 95.7 Å². The van der Waals surface area contributed by atoms with E-state index in [1.807, 2.05) is 0 Å². The summed E-state index contributed by atoms with van der Waals surface area (Å²) in [6.45, 7) is -2.40. The van der Waals surface area contributed by atoms with Gasteiger partial charge in [0.2, 0.25) is 30.0 Å². The molecule has 0 radical (unpaired) electrons. The molecule has 0 spiro atoms. The number of benzene rings is 2. The number of rotatable bonds is 10. The molecule has 1 aromatic heterocycles. The van der Waals surface area contributed by atoms with Crippen LogP contribution in [0.3, 0.4) is 0 Å². The highest BCUT2D eigenvalue weighted by Gasteiger charge is 2.47. The van der Waals surface area contributed by atoms with E-state index in [0.29, 0.717) is 0 Å². The maximum absolute atomic E-state index is 14.1. The average Bonchev–Trinajstić information content (AvgIpc) is 3.16. The topological polar surface area (TPSA) is 369 Å². The first-order valence-electron chi connectivity index (χ1n) is 16.7. The summed E-state index contributed by atoms with van der Waals surface area (Å²) in [6.07, 6.45) is -26.1. The van der Waals surface area contributed by atoms with E-state index in [2.05, 4.69) is 0 Å². The van der Waals surface area contributed by atoms with E-state index in [4.69, 9.17) is 32.8 Å². The summed E-state index contributed by atoms with van der Waals surface area (Å²) in [5.41, 5.74) is -1.77. The average molecular weight is 789 g/mol. The number of aliphatic hydroxyl groups excluding tert-OH is 12. The molecule has 55 heavy (non-hydrogen) atoms. The molecule has 3 aliphatic heterocycles. The number of phenols is 2. The summed E-state index contributed by atoms with van der Waals surface area (Å²) < 4.78 is 38.8. The fourth-order valence-corrected chi connectivity index (χ4v) is 6.25. The molecule has 14 N–H and O–H groups in total. The molecule has 22 nitrogen and oxygen atoms in total. The SMILES string of the molecule is O=c1c(O[C@@H]2O[C@H](CO)[C@@H](O)[C@H](O)[C@H]2O)c(-c2ccc(O[C@@H]3O[C@H](CO)[C@@H](O)[C@H](O)[C@H]3O)c(O)c2)oc2cc(O[C@@H]3O[C@H](CO)[C@@H](O)[C@H](O)[C@H]3O)cc(O)c12. The predicted molar refractivity (Wildman–Crippen MR) is 174 cm³/mol. The molecule has 2 aromatic carbocycles. The van der Waals surface area contributed by atoms with E-state index < -0.39 is 151 Å². The Kier molecular flexibility index (Phi) is 12.0. The number of aromatic hydroxyl groups is 2. The van der Waals surface area contributed by atoms with Gasteiger partial charge in [0.05, 0.1) is 19.8 Å². The summed E-state index contributed by atoms with van der Waals surface area (Å²) in [5.74, 6) is -3.61. The third kappa shape index (κ3) is 7.63. The molecule has 0 bridgehead atoms. The largest absolute Gasteiger partial charge is 0.507 e. The van der Waals surface area contributed by atoms with Gasteiger partial charge in [-0.25, -0.2) is 0 Å². The van der Waals surface area contributed by atoms with Gasteiger partial charge in [0, 0.05) is 17.7 Å².